The molecule has 0 unspecified atom stereocenters. The second-order valence-corrected chi connectivity index (χ2v) is 2.56. The van der Waals surface area contributed by atoms with E-state index >= 15 is 0 Å². The third-order valence-electron chi connectivity index (χ3n) is 1.74. The predicted molar refractivity (Wildman–Crippen MR) is 45.8 cm³/mol. The molecule has 0 fully saturated rings. The van der Waals surface area contributed by atoms with Gasteiger partial charge in [0.1, 0.15) is 5.76 Å². The summed E-state index contributed by atoms with van der Waals surface area (Å²) >= 11 is 0. The lowest BCUT2D eigenvalue weighted by atomic mass is 10.2. The molecule has 5 heteroatoms. The first-order chi connectivity index (χ1) is 6.31. The van der Waals surface area contributed by atoms with Crippen LogP contribution in [0.15, 0.2) is 21.2 Å². The summed E-state index contributed by atoms with van der Waals surface area (Å²) < 4.78 is 10.3. The fourth-order valence-electron chi connectivity index (χ4n) is 1.15. The molecule has 0 radical (unpaired) electrons. The number of aryl methyl sites for hydroxylation is 1. The van der Waals surface area contributed by atoms with Crippen molar-refractivity contribution in [3.8, 4) is 11.5 Å². The number of furan rings is 1. The third kappa shape index (κ3) is 1.28. The molecule has 2 heterocycles. The van der Waals surface area contributed by atoms with Crippen molar-refractivity contribution in [2.45, 2.75) is 13.3 Å². The fourth-order valence-corrected chi connectivity index (χ4v) is 1.15. The van der Waals surface area contributed by atoms with Crippen molar-refractivity contribution in [3.05, 3.63) is 18.1 Å². The Kier molecular flexibility index (Phi) is 1.77. The maximum absolute atomic E-state index is 5.31. The van der Waals surface area contributed by atoms with Gasteiger partial charge in [-0.05, 0) is 6.07 Å². The molecule has 0 spiro atoms. The van der Waals surface area contributed by atoms with Crippen LogP contribution in [-0.2, 0) is 6.42 Å². The van der Waals surface area contributed by atoms with Crippen LogP contribution in [0.4, 0.5) is 6.01 Å². The summed E-state index contributed by atoms with van der Waals surface area (Å²) in [6.45, 7) is 1.99. The van der Waals surface area contributed by atoms with E-state index in [1.807, 2.05) is 6.92 Å². The largest absolute Gasteiger partial charge is 0.469 e. The molecule has 68 valence electrons. The first-order valence-electron chi connectivity index (χ1n) is 3.97. The molecule has 0 aromatic carbocycles. The smallest absolute Gasteiger partial charge is 0.313 e. The molecule has 13 heavy (non-hydrogen) atoms. The molecule has 0 saturated carbocycles. The van der Waals surface area contributed by atoms with Crippen molar-refractivity contribution >= 4 is 6.01 Å². The average molecular weight is 179 g/mol. The van der Waals surface area contributed by atoms with Crippen LogP contribution in [0, 0.1) is 0 Å². The average Bonchev–Trinajstić information content (AvgIpc) is 2.71. The predicted octanol–water partition coefficient (Wildman–Crippen LogP) is 1.47. The van der Waals surface area contributed by atoms with E-state index in [9.17, 15) is 0 Å². The number of rotatable bonds is 2. The highest BCUT2D eigenvalue weighted by Crippen LogP contribution is 2.24. The Labute approximate surface area is 74.6 Å². The summed E-state index contributed by atoms with van der Waals surface area (Å²) in [6, 6.07) is 1.85. The van der Waals surface area contributed by atoms with Crippen molar-refractivity contribution in [1.29, 1.82) is 0 Å². The highest BCUT2D eigenvalue weighted by molar-refractivity contribution is 5.55. The lowest BCUT2D eigenvalue weighted by Crippen LogP contribution is -1.81. The summed E-state index contributed by atoms with van der Waals surface area (Å²) in [4.78, 5) is 0. The molecular formula is C8H9N3O2. The van der Waals surface area contributed by atoms with Crippen LogP contribution in [0.5, 0.6) is 0 Å². The fraction of sp³-hybridized carbons (Fsp3) is 0.250. The van der Waals surface area contributed by atoms with E-state index < -0.39 is 0 Å². The van der Waals surface area contributed by atoms with E-state index in [4.69, 9.17) is 14.6 Å². The van der Waals surface area contributed by atoms with Crippen LogP contribution in [0.3, 0.4) is 0 Å². The molecule has 0 aliphatic carbocycles. The minimum Gasteiger partial charge on any atom is -0.469 e. The van der Waals surface area contributed by atoms with E-state index in [1.165, 1.54) is 0 Å². The van der Waals surface area contributed by atoms with Gasteiger partial charge in [0.05, 0.1) is 11.8 Å². The first-order valence-corrected chi connectivity index (χ1v) is 3.97. The Morgan fingerprint density at radius 1 is 1.46 bits per heavy atom. The Morgan fingerprint density at radius 2 is 2.31 bits per heavy atom. The number of hydrogen-bond donors (Lipinski definition) is 1. The molecule has 2 rings (SSSR count). The van der Waals surface area contributed by atoms with Gasteiger partial charge in [0.2, 0.25) is 0 Å². The molecule has 5 nitrogen and oxygen atoms in total. The van der Waals surface area contributed by atoms with Crippen LogP contribution in [0.2, 0.25) is 0 Å². The van der Waals surface area contributed by atoms with Gasteiger partial charge in [0.25, 0.3) is 5.89 Å². The van der Waals surface area contributed by atoms with Gasteiger partial charge in [-0.15, -0.1) is 5.10 Å². The quantitative estimate of drug-likeness (QED) is 0.755. The standard InChI is InChI=1S/C8H9N3O2/c1-2-6-5(3-4-12-6)7-10-11-8(9)13-7/h3-4H,2H2,1H3,(H2,9,11). The van der Waals surface area contributed by atoms with Gasteiger partial charge < -0.3 is 14.6 Å². The molecule has 0 amide bonds. The zero-order valence-electron chi connectivity index (χ0n) is 7.15. The highest BCUT2D eigenvalue weighted by atomic mass is 16.4. The minimum absolute atomic E-state index is 0.0678. The molecule has 2 N–H and O–H groups in total. The highest BCUT2D eigenvalue weighted by Gasteiger charge is 2.12. The van der Waals surface area contributed by atoms with Gasteiger partial charge in [-0.3, -0.25) is 0 Å². The maximum Gasteiger partial charge on any atom is 0.313 e. The molecule has 2 aromatic heterocycles. The third-order valence-corrected chi connectivity index (χ3v) is 1.74. The van der Waals surface area contributed by atoms with Crippen molar-refractivity contribution in [3.63, 3.8) is 0 Å². The molecule has 0 aliphatic heterocycles. The van der Waals surface area contributed by atoms with Gasteiger partial charge in [-0.2, -0.15) is 0 Å². The molecular weight excluding hydrogens is 170 g/mol. The minimum atomic E-state index is 0.0678. The van der Waals surface area contributed by atoms with Crippen molar-refractivity contribution in [2.24, 2.45) is 0 Å². The van der Waals surface area contributed by atoms with Gasteiger partial charge >= 0.3 is 6.01 Å². The molecule has 0 bridgehead atoms. The van der Waals surface area contributed by atoms with Crippen molar-refractivity contribution < 1.29 is 8.83 Å². The molecule has 2 aromatic rings. The van der Waals surface area contributed by atoms with E-state index in [0.717, 1.165) is 17.7 Å². The van der Waals surface area contributed by atoms with Gasteiger partial charge in [-0.25, -0.2) is 0 Å². The lowest BCUT2D eigenvalue weighted by molar-refractivity contribution is 0.513. The van der Waals surface area contributed by atoms with Crippen molar-refractivity contribution in [1.82, 2.24) is 10.2 Å². The second kappa shape index (κ2) is 2.93. The topological polar surface area (TPSA) is 78.1 Å². The first kappa shape index (κ1) is 7.85. The molecule has 0 aliphatic rings. The number of nitrogens with zero attached hydrogens (tertiary/aromatic N) is 2. The van der Waals surface area contributed by atoms with Crippen LogP contribution >= 0.6 is 0 Å². The van der Waals surface area contributed by atoms with Crippen LogP contribution in [-0.4, -0.2) is 10.2 Å². The van der Waals surface area contributed by atoms with E-state index in [1.54, 1.807) is 12.3 Å². The zero-order valence-corrected chi connectivity index (χ0v) is 7.15. The number of hydrogen-bond acceptors (Lipinski definition) is 5. The Morgan fingerprint density at radius 3 is 2.92 bits per heavy atom. The van der Waals surface area contributed by atoms with Crippen molar-refractivity contribution in [2.75, 3.05) is 5.73 Å². The summed E-state index contributed by atoms with van der Waals surface area (Å²) in [5, 5.41) is 7.33. The van der Waals surface area contributed by atoms with E-state index in [2.05, 4.69) is 10.2 Å². The van der Waals surface area contributed by atoms with E-state index in [0.29, 0.717) is 5.89 Å². The van der Waals surface area contributed by atoms with Gasteiger partial charge in [0.15, 0.2) is 0 Å². The molecule has 0 atom stereocenters. The Hall–Kier alpha value is -1.78. The van der Waals surface area contributed by atoms with E-state index in [-0.39, 0.29) is 6.01 Å². The monoisotopic (exact) mass is 179 g/mol. The summed E-state index contributed by atoms with van der Waals surface area (Å²) in [6.07, 6.45) is 2.37. The Bertz CT molecular complexity index is 405. The van der Waals surface area contributed by atoms with Crippen LogP contribution in [0.25, 0.3) is 11.5 Å². The maximum atomic E-state index is 5.31. The number of nitrogens with two attached hydrogens (primary N) is 1. The summed E-state index contributed by atoms with van der Waals surface area (Å²) in [5.74, 6) is 1.23. The Balaban J connectivity index is 2.45. The second-order valence-electron chi connectivity index (χ2n) is 2.56. The SMILES string of the molecule is CCc1occc1-c1nnc(N)o1. The summed E-state index contributed by atoms with van der Waals surface area (Å²) in [7, 11) is 0. The zero-order chi connectivity index (χ0) is 9.26. The molecule has 0 saturated heterocycles. The van der Waals surface area contributed by atoms with Crippen LogP contribution < -0.4 is 5.73 Å². The number of aromatic nitrogens is 2. The van der Waals surface area contributed by atoms with Gasteiger partial charge in [0, 0.05) is 6.42 Å². The number of anilines is 1. The van der Waals surface area contributed by atoms with Gasteiger partial charge in [-0.1, -0.05) is 12.0 Å². The summed E-state index contributed by atoms with van der Waals surface area (Å²) in [5.41, 5.74) is 6.12. The lowest BCUT2D eigenvalue weighted by Gasteiger charge is -1.91. The number of nitrogen functional groups attached to an aromatic ring is 1. The normalized spacial score (nSPS) is 10.5. The van der Waals surface area contributed by atoms with Crippen LogP contribution in [0.1, 0.15) is 12.7 Å².